The zero-order valence-electron chi connectivity index (χ0n) is 7.94. The van der Waals surface area contributed by atoms with Crippen LogP contribution in [0.4, 0.5) is 0 Å². The van der Waals surface area contributed by atoms with E-state index in [4.69, 9.17) is 5.11 Å². The van der Waals surface area contributed by atoms with E-state index in [1.807, 2.05) is 0 Å². The summed E-state index contributed by atoms with van der Waals surface area (Å²) in [7, 11) is 0. The molecule has 0 aromatic carbocycles. The first-order valence-corrected chi connectivity index (χ1v) is 5.59. The molecular formula is C8H20AlO. The van der Waals surface area contributed by atoms with E-state index in [1.165, 1.54) is 10.6 Å². The van der Waals surface area contributed by atoms with Gasteiger partial charge in [0.25, 0.3) is 0 Å². The van der Waals surface area contributed by atoms with Crippen molar-refractivity contribution in [3.8, 4) is 0 Å². The maximum absolute atomic E-state index is 8.52. The van der Waals surface area contributed by atoms with Crippen LogP contribution in [0.3, 0.4) is 0 Å². The summed E-state index contributed by atoms with van der Waals surface area (Å²) in [5.41, 5.74) is -0.500. The van der Waals surface area contributed by atoms with Gasteiger partial charge in [-0.25, -0.2) is 0 Å². The van der Waals surface area contributed by atoms with Gasteiger partial charge in [-0.05, 0) is 20.8 Å². The van der Waals surface area contributed by atoms with Crippen molar-refractivity contribution in [2.45, 2.75) is 50.8 Å². The third-order valence-electron chi connectivity index (χ3n) is 0.577. The van der Waals surface area contributed by atoms with Crippen LogP contribution in [0.15, 0.2) is 0 Å². The molecule has 0 rings (SSSR count). The fraction of sp³-hybridized carbons (Fsp3) is 1.00. The first kappa shape index (κ1) is 13.1. The minimum atomic E-state index is -0.500. The minimum absolute atomic E-state index is 0.500. The molecule has 0 unspecified atom stereocenters. The van der Waals surface area contributed by atoms with Crippen LogP contribution in [0.5, 0.6) is 0 Å². The van der Waals surface area contributed by atoms with E-state index in [0.29, 0.717) is 0 Å². The molecule has 0 atom stereocenters. The Hall–Kier alpha value is 0.492. The summed E-state index contributed by atoms with van der Waals surface area (Å²) in [6, 6.07) is 0. The van der Waals surface area contributed by atoms with Crippen molar-refractivity contribution in [3.63, 3.8) is 0 Å². The Labute approximate surface area is 71.5 Å². The Morgan fingerprint density at radius 2 is 1.30 bits per heavy atom. The van der Waals surface area contributed by atoms with Crippen LogP contribution in [0.25, 0.3) is 0 Å². The Morgan fingerprint density at radius 3 is 1.30 bits per heavy atom. The molecule has 0 saturated carbocycles. The normalized spacial score (nSPS) is 9.80. The lowest BCUT2D eigenvalue weighted by molar-refractivity contribution is 0.102. The highest BCUT2D eigenvalue weighted by Gasteiger charge is 1.97. The van der Waals surface area contributed by atoms with E-state index in [0.717, 1.165) is 15.2 Å². The number of rotatable bonds is 2. The molecule has 0 aliphatic heterocycles. The zero-order valence-corrected chi connectivity index (χ0v) is 9.09. The Balaban J connectivity index is 0. The monoisotopic (exact) mass is 159 g/mol. The SMILES string of the molecule is CC(C)(C)O.C[CH2][Al][CH2]C. The van der Waals surface area contributed by atoms with Crippen LogP contribution in [-0.2, 0) is 0 Å². The van der Waals surface area contributed by atoms with Crippen LogP contribution < -0.4 is 0 Å². The highest BCUT2D eigenvalue weighted by atomic mass is 27.1. The van der Waals surface area contributed by atoms with Crippen LogP contribution in [-0.4, -0.2) is 25.9 Å². The third kappa shape index (κ3) is 76.7. The summed E-state index contributed by atoms with van der Waals surface area (Å²) in [6.45, 7) is 9.73. The molecule has 0 fully saturated rings. The lowest BCUT2D eigenvalue weighted by atomic mass is 10.2. The molecule has 0 saturated heterocycles. The van der Waals surface area contributed by atoms with Gasteiger partial charge in [-0.2, -0.15) is 0 Å². The van der Waals surface area contributed by atoms with Gasteiger partial charge in [0.1, 0.15) is 0 Å². The quantitative estimate of drug-likeness (QED) is 0.613. The zero-order chi connectivity index (χ0) is 8.62. The average molecular weight is 159 g/mol. The van der Waals surface area contributed by atoms with Gasteiger partial charge in [0.2, 0.25) is 0 Å². The van der Waals surface area contributed by atoms with Gasteiger partial charge in [0, 0.05) is 0 Å². The number of hydrogen-bond acceptors (Lipinski definition) is 1. The van der Waals surface area contributed by atoms with Gasteiger partial charge >= 0.3 is 0 Å². The van der Waals surface area contributed by atoms with Gasteiger partial charge in [-0.1, -0.05) is 13.8 Å². The van der Waals surface area contributed by atoms with Crippen LogP contribution in [0, 0.1) is 0 Å². The molecule has 61 valence electrons. The van der Waals surface area contributed by atoms with E-state index in [2.05, 4.69) is 13.8 Å². The summed E-state index contributed by atoms with van der Waals surface area (Å²) in [6.07, 6.45) is 0. The topological polar surface area (TPSA) is 20.2 Å². The third-order valence-corrected chi connectivity index (χ3v) is 1.73. The molecule has 0 spiro atoms. The van der Waals surface area contributed by atoms with E-state index in [-0.39, 0.29) is 0 Å². The highest BCUT2D eigenvalue weighted by Crippen LogP contribution is 1.93. The molecule has 0 amide bonds. The van der Waals surface area contributed by atoms with E-state index in [9.17, 15) is 0 Å². The fourth-order valence-corrected chi connectivity index (χ4v) is 0.866. The van der Waals surface area contributed by atoms with Gasteiger partial charge in [0.15, 0.2) is 15.2 Å². The van der Waals surface area contributed by atoms with Crippen molar-refractivity contribution in [2.75, 3.05) is 0 Å². The minimum Gasteiger partial charge on any atom is -0.391 e. The second-order valence-electron chi connectivity index (χ2n) is 3.28. The fourth-order valence-electron chi connectivity index (χ4n) is 0.289. The van der Waals surface area contributed by atoms with Crippen molar-refractivity contribution in [3.05, 3.63) is 0 Å². The molecule has 0 aliphatic rings. The standard InChI is InChI=1S/C4H10O.2C2H5.Al/c1-4(2,3)5;2*1-2;/h5H,1-3H3;2*1H2,2H3;. The van der Waals surface area contributed by atoms with Crippen LogP contribution >= 0.6 is 0 Å². The van der Waals surface area contributed by atoms with E-state index < -0.39 is 5.60 Å². The van der Waals surface area contributed by atoms with Crippen molar-refractivity contribution >= 4 is 15.2 Å². The van der Waals surface area contributed by atoms with E-state index >= 15 is 0 Å². The van der Waals surface area contributed by atoms with Crippen molar-refractivity contribution < 1.29 is 5.11 Å². The van der Waals surface area contributed by atoms with Crippen molar-refractivity contribution in [1.82, 2.24) is 0 Å². The average Bonchev–Trinajstić information content (AvgIpc) is 1.63. The van der Waals surface area contributed by atoms with Crippen molar-refractivity contribution in [2.24, 2.45) is 0 Å². The molecule has 1 N–H and O–H groups in total. The predicted molar refractivity (Wildman–Crippen MR) is 48.7 cm³/mol. The maximum atomic E-state index is 8.52. The molecular weight excluding hydrogens is 139 g/mol. The Morgan fingerprint density at radius 1 is 1.10 bits per heavy atom. The van der Waals surface area contributed by atoms with Gasteiger partial charge < -0.3 is 5.11 Å². The van der Waals surface area contributed by atoms with Crippen LogP contribution in [0.2, 0.25) is 10.6 Å². The van der Waals surface area contributed by atoms with Gasteiger partial charge in [-0.15, -0.1) is 10.6 Å². The number of hydrogen-bond donors (Lipinski definition) is 1. The molecule has 0 heterocycles. The largest absolute Gasteiger partial charge is 0.391 e. The molecule has 0 aromatic rings. The second kappa shape index (κ2) is 7.60. The molecule has 1 radical (unpaired) electrons. The summed E-state index contributed by atoms with van der Waals surface area (Å²) >= 11 is 0.815. The first-order chi connectivity index (χ1) is 4.41. The summed E-state index contributed by atoms with van der Waals surface area (Å²) < 4.78 is 0. The second-order valence-corrected chi connectivity index (χ2v) is 5.49. The molecule has 0 aromatic heterocycles. The lowest BCUT2D eigenvalue weighted by Crippen LogP contribution is -2.10. The highest BCUT2D eigenvalue weighted by molar-refractivity contribution is 6.34. The lowest BCUT2D eigenvalue weighted by Gasteiger charge is -2.04. The summed E-state index contributed by atoms with van der Waals surface area (Å²) in [5.74, 6) is 0. The van der Waals surface area contributed by atoms with Gasteiger partial charge in [-0.3, -0.25) is 0 Å². The molecule has 0 aliphatic carbocycles. The predicted octanol–water partition coefficient (Wildman–Crippen LogP) is 2.34. The molecule has 1 nitrogen and oxygen atoms in total. The Bertz CT molecular complexity index is 48.8. The molecule has 0 bridgehead atoms. The smallest absolute Gasteiger partial charge is 0.198 e. The number of aliphatic hydroxyl groups is 1. The van der Waals surface area contributed by atoms with Gasteiger partial charge in [0.05, 0.1) is 5.60 Å². The first-order valence-electron chi connectivity index (χ1n) is 3.95. The molecule has 10 heavy (non-hydrogen) atoms. The maximum Gasteiger partial charge on any atom is 0.198 e. The summed E-state index contributed by atoms with van der Waals surface area (Å²) in [4.78, 5) is 0. The Kier molecular flexibility index (Phi) is 9.96. The van der Waals surface area contributed by atoms with Crippen molar-refractivity contribution in [1.29, 1.82) is 0 Å². The molecule has 2 heteroatoms. The summed E-state index contributed by atoms with van der Waals surface area (Å²) in [5, 5.41) is 11.4. The van der Waals surface area contributed by atoms with Crippen LogP contribution in [0.1, 0.15) is 34.6 Å². The van der Waals surface area contributed by atoms with E-state index in [1.54, 1.807) is 20.8 Å².